The smallest absolute Gasteiger partial charge is 0.267 e. The summed E-state index contributed by atoms with van der Waals surface area (Å²) in [5, 5.41) is 11.7. The van der Waals surface area contributed by atoms with E-state index in [9.17, 15) is 4.79 Å². The van der Waals surface area contributed by atoms with Gasteiger partial charge in [0.1, 0.15) is 17.1 Å². The number of pyridine rings is 1. The van der Waals surface area contributed by atoms with Crippen LogP contribution in [-0.4, -0.2) is 36.9 Å². The van der Waals surface area contributed by atoms with E-state index >= 15 is 0 Å². The van der Waals surface area contributed by atoms with Crippen LogP contribution in [0.25, 0.3) is 22.6 Å². The Balaban J connectivity index is 1.61. The normalized spacial score (nSPS) is 13.6. The maximum Gasteiger partial charge on any atom is 0.271 e. The number of hydrogen-bond donors (Lipinski definition) is 1. The van der Waals surface area contributed by atoms with Crippen LogP contribution in [0.1, 0.15) is 21.6 Å². The summed E-state index contributed by atoms with van der Waals surface area (Å²) < 4.78 is 4.68. The van der Waals surface area contributed by atoms with Gasteiger partial charge in [0.2, 0.25) is 11.3 Å². The number of fused-ring (bicyclic) bond motifs is 4. The van der Waals surface area contributed by atoms with Gasteiger partial charge in [-0.25, -0.2) is 20.0 Å². The first kappa shape index (κ1) is 14.3. The number of rotatable bonds is 2. The molecular formula is C17H9N7O2. The van der Waals surface area contributed by atoms with Gasteiger partial charge in [0, 0.05) is 29.1 Å². The molecule has 124 valence electrons. The standard InChI is InChI=1S/C17H9N7O2/c25-17(9-5-7-18-8-6-9)22-21-13-11-4-2-1-3-10(11)12-14(13)20-16-15(19-12)23-26-24-16/h1-8H,(H,22,25)/b21-13-. The van der Waals surface area contributed by atoms with Crippen LogP contribution in [-0.2, 0) is 0 Å². The number of carbonyl (C=O) groups is 1. The predicted molar refractivity (Wildman–Crippen MR) is 90.2 cm³/mol. The summed E-state index contributed by atoms with van der Waals surface area (Å²) in [7, 11) is 0. The minimum absolute atomic E-state index is 0.282. The molecule has 3 aromatic heterocycles. The Morgan fingerprint density at radius 1 is 0.923 bits per heavy atom. The van der Waals surface area contributed by atoms with Gasteiger partial charge in [0.25, 0.3) is 5.91 Å². The molecule has 4 aromatic rings. The van der Waals surface area contributed by atoms with E-state index in [1.54, 1.807) is 24.5 Å². The summed E-state index contributed by atoms with van der Waals surface area (Å²) in [5.41, 5.74) is 6.95. The monoisotopic (exact) mass is 343 g/mol. The number of hydrazone groups is 1. The molecule has 26 heavy (non-hydrogen) atoms. The van der Waals surface area contributed by atoms with Crippen molar-refractivity contribution in [2.45, 2.75) is 0 Å². The van der Waals surface area contributed by atoms with Gasteiger partial charge in [0.05, 0.1) is 0 Å². The Morgan fingerprint density at radius 2 is 1.62 bits per heavy atom. The molecule has 0 spiro atoms. The zero-order valence-electron chi connectivity index (χ0n) is 13.1. The fourth-order valence-corrected chi connectivity index (χ4v) is 2.80. The molecule has 0 aliphatic heterocycles. The summed E-state index contributed by atoms with van der Waals surface area (Å²) >= 11 is 0. The van der Waals surface area contributed by atoms with Crippen molar-refractivity contribution in [3.05, 3.63) is 65.6 Å². The molecule has 1 amide bonds. The lowest BCUT2D eigenvalue weighted by molar-refractivity contribution is 0.0955. The second-order valence-corrected chi connectivity index (χ2v) is 5.52. The molecule has 1 aromatic carbocycles. The first-order valence-corrected chi connectivity index (χ1v) is 7.70. The average Bonchev–Trinajstić information content (AvgIpc) is 3.27. The minimum Gasteiger partial charge on any atom is -0.267 e. The van der Waals surface area contributed by atoms with Crippen molar-refractivity contribution in [1.82, 2.24) is 30.7 Å². The van der Waals surface area contributed by atoms with Crippen molar-refractivity contribution in [2.75, 3.05) is 0 Å². The van der Waals surface area contributed by atoms with E-state index in [1.807, 2.05) is 24.3 Å². The van der Waals surface area contributed by atoms with Gasteiger partial charge in [-0.3, -0.25) is 9.78 Å². The zero-order chi connectivity index (χ0) is 17.5. The molecule has 0 saturated carbocycles. The number of nitrogens with zero attached hydrogens (tertiary/aromatic N) is 6. The number of carbonyl (C=O) groups excluding carboxylic acids is 1. The van der Waals surface area contributed by atoms with Crippen LogP contribution >= 0.6 is 0 Å². The Kier molecular flexibility index (Phi) is 3.04. The lowest BCUT2D eigenvalue weighted by atomic mass is 10.1. The molecule has 0 saturated heterocycles. The molecule has 9 heteroatoms. The van der Waals surface area contributed by atoms with E-state index in [0.717, 1.165) is 11.1 Å². The second-order valence-electron chi connectivity index (χ2n) is 5.52. The molecule has 5 rings (SSSR count). The van der Waals surface area contributed by atoms with E-state index < -0.39 is 0 Å². The van der Waals surface area contributed by atoms with E-state index in [1.165, 1.54) is 0 Å². The first-order valence-electron chi connectivity index (χ1n) is 7.70. The number of hydrogen-bond acceptors (Lipinski definition) is 8. The molecule has 9 nitrogen and oxygen atoms in total. The summed E-state index contributed by atoms with van der Waals surface area (Å²) in [6, 6.07) is 10.8. The van der Waals surface area contributed by atoms with E-state index in [0.29, 0.717) is 28.3 Å². The molecular weight excluding hydrogens is 334 g/mol. The van der Waals surface area contributed by atoms with Gasteiger partial charge in [-0.15, -0.1) is 0 Å². The van der Waals surface area contributed by atoms with Crippen LogP contribution in [0.5, 0.6) is 0 Å². The SMILES string of the molecule is O=C(N/N=C1/c2ccccc2-c2nc3nonc3nc21)c1ccncc1. The maximum atomic E-state index is 12.3. The molecule has 1 aliphatic carbocycles. The topological polar surface area (TPSA) is 119 Å². The predicted octanol–water partition coefficient (Wildman–Crippen LogP) is 1.57. The highest BCUT2D eigenvalue weighted by Gasteiger charge is 2.29. The van der Waals surface area contributed by atoms with Gasteiger partial charge in [-0.2, -0.15) is 5.10 Å². The Hall–Kier alpha value is -4.01. The fourth-order valence-electron chi connectivity index (χ4n) is 2.80. The number of aromatic nitrogens is 5. The van der Waals surface area contributed by atoms with Gasteiger partial charge >= 0.3 is 0 Å². The van der Waals surface area contributed by atoms with Crippen LogP contribution in [0.2, 0.25) is 0 Å². The van der Waals surface area contributed by atoms with Crippen LogP contribution in [0, 0.1) is 0 Å². The van der Waals surface area contributed by atoms with E-state index in [2.05, 4.69) is 40.4 Å². The van der Waals surface area contributed by atoms with Crippen LogP contribution in [0.15, 0.2) is 58.5 Å². The van der Waals surface area contributed by atoms with Crippen molar-refractivity contribution in [2.24, 2.45) is 5.10 Å². The highest BCUT2D eigenvalue weighted by atomic mass is 16.6. The van der Waals surface area contributed by atoms with Crippen molar-refractivity contribution in [1.29, 1.82) is 0 Å². The zero-order valence-corrected chi connectivity index (χ0v) is 13.1. The van der Waals surface area contributed by atoms with Crippen molar-refractivity contribution in [3.63, 3.8) is 0 Å². The van der Waals surface area contributed by atoms with Gasteiger partial charge in [-0.05, 0) is 22.4 Å². The summed E-state index contributed by atoms with van der Waals surface area (Å²) in [6.07, 6.45) is 3.09. The van der Waals surface area contributed by atoms with E-state index in [-0.39, 0.29) is 11.6 Å². The third kappa shape index (κ3) is 2.14. The summed E-state index contributed by atoms with van der Waals surface area (Å²) in [5.74, 6) is -0.344. The fraction of sp³-hybridized carbons (Fsp3) is 0. The van der Waals surface area contributed by atoms with Crippen LogP contribution in [0.4, 0.5) is 0 Å². The number of amides is 1. The number of benzene rings is 1. The Morgan fingerprint density at radius 3 is 2.38 bits per heavy atom. The molecule has 0 unspecified atom stereocenters. The molecule has 1 N–H and O–H groups in total. The second kappa shape index (κ2) is 5.52. The molecule has 0 fully saturated rings. The first-order chi connectivity index (χ1) is 12.8. The highest BCUT2D eigenvalue weighted by Crippen LogP contribution is 2.34. The van der Waals surface area contributed by atoms with Crippen LogP contribution < -0.4 is 5.43 Å². The average molecular weight is 343 g/mol. The van der Waals surface area contributed by atoms with Gasteiger partial charge in [0.15, 0.2) is 0 Å². The molecule has 0 bridgehead atoms. The summed E-state index contributed by atoms with van der Waals surface area (Å²) in [6.45, 7) is 0. The summed E-state index contributed by atoms with van der Waals surface area (Å²) in [4.78, 5) is 25.1. The third-order valence-electron chi connectivity index (χ3n) is 3.99. The van der Waals surface area contributed by atoms with E-state index in [4.69, 9.17) is 0 Å². The highest BCUT2D eigenvalue weighted by molar-refractivity contribution is 6.23. The number of nitrogens with one attached hydrogen (secondary N) is 1. The van der Waals surface area contributed by atoms with Crippen molar-refractivity contribution >= 4 is 22.9 Å². The molecule has 0 radical (unpaired) electrons. The van der Waals surface area contributed by atoms with Crippen LogP contribution in [0.3, 0.4) is 0 Å². The largest absolute Gasteiger partial charge is 0.271 e. The molecule has 1 aliphatic rings. The third-order valence-corrected chi connectivity index (χ3v) is 3.99. The molecule has 0 atom stereocenters. The Bertz CT molecular complexity index is 1180. The van der Waals surface area contributed by atoms with Crippen molar-refractivity contribution < 1.29 is 9.42 Å². The van der Waals surface area contributed by atoms with Gasteiger partial charge in [-0.1, -0.05) is 24.3 Å². The minimum atomic E-state index is -0.344. The molecule has 3 heterocycles. The maximum absolute atomic E-state index is 12.3. The lowest BCUT2D eigenvalue weighted by Gasteiger charge is -2.02. The quantitative estimate of drug-likeness (QED) is 0.483. The van der Waals surface area contributed by atoms with Gasteiger partial charge < -0.3 is 0 Å². The Labute approximate surface area is 145 Å². The van der Waals surface area contributed by atoms with Crippen molar-refractivity contribution in [3.8, 4) is 11.3 Å². The lowest BCUT2D eigenvalue weighted by Crippen LogP contribution is -2.20.